The van der Waals surface area contributed by atoms with Gasteiger partial charge in [0.1, 0.15) is 0 Å². The first kappa shape index (κ1) is 13.1. The van der Waals surface area contributed by atoms with Gasteiger partial charge < -0.3 is 9.64 Å². The number of rotatable bonds is 3. The number of likely N-dealkylation sites (N-methyl/N-ethyl adjacent to an activating group) is 1. The van der Waals surface area contributed by atoms with Crippen LogP contribution in [0.2, 0.25) is 0 Å². The quantitative estimate of drug-likeness (QED) is 0.767. The average Bonchev–Trinajstić information content (AvgIpc) is 2.40. The van der Waals surface area contributed by atoms with Crippen molar-refractivity contribution < 1.29 is 9.53 Å². The summed E-state index contributed by atoms with van der Waals surface area (Å²) < 4.78 is 5.21. The van der Waals surface area contributed by atoms with E-state index in [1.165, 1.54) is 5.56 Å². The fourth-order valence-corrected chi connectivity index (χ4v) is 2.68. The first-order valence-electron chi connectivity index (χ1n) is 6.62. The maximum Gasteiger partial charge on any atom is 0.309 e. The Balaban J connectivity index is 2.19. The molecule has 1 aliphatic heterocycles. The summed E-state index contributed by atoms with van der Waals surface area (Å²) in [5, 5.41) is 0. The second-order valence-corrected chi connectivity index (χ2v) is 4.93. The largest absolute Gasteiger partial charge is 0.466 e. The molecule has 1 aromatic rings. The third-order valence-corrected chi connectivity index (χ3v) is 3.63. The van der Waals surface area contributed by atoms with Crippen molar-refractivity contribution in [3.05, 3.63) is 35.9 Å². The van der Waals surface area contributed by atoms with E-state index in [-0.39, 0.29) is 17.8 Å². The molecular weight excluding hydrogens is 226 g/mol. The van der Waals surface area contributed by atoms with Gasteiger partial charge >= 0.3 is 5.97 Å². The van der Waals surface area contributed by atoms with Crippen LogP contribution in [0, 0.1) is 5.92 Å². The van der Waals surface area contributed by atoms with E-state index in [1.54, 1.807) is 0 Å². The second kappa shape index (κ2) is 6.01. The topological polar surface area (TPSA) is 29.5 Å². The lowest BCUT2D eigenvalue weighted by molar-refractivity contribution is -0.150. The Labute approximate surface area is 109 Å². The van der Waals surface area contributed by atoms with Gasteiger partial charge in [0.25, 0.3) is 0 Å². The molecule has 3 heteroatoms. The standard InChI is InChI=1S/C15H21NO2/c1-3-18-15(17)13-9-10-16(2)11-14(13)12-7-5-4-6-8-12/h4-8,13-14H,3,9-11H2,1-2H3/t13-,14-/m1/s1. The number of nitrogens with zero attached hydrogens (tertiary/aromatic N) is 1. The van der Waals surface area contributed by atoms with E-state index in [9.17, 15) is 4.79 Å². The molecule has 98 valence electrons. The number of carbonyl (C=O) groups is 1. The van der Waals surface area contributed by atoms with Crippen LogP contribution in [0.4, 0.5) is 0 Å². The number of piperidine rings is 1. The van der Waals surface area contributed by atoms with E-state index in [4.69, 9.17) is 4.74 Å². The van der Waals surface area contributed by atoms with E-state index in [0.717, 1.165) is 19.5 Å². The van der Waals surface area contributed by atoms with Crippen LogP contribution >= 0.6 is 0 Å². The average molecular weight is 247 g/mol. The van der Waals surface area contributed by atoms with Crippen molar-refractivity contribution in [2.45, 2.75) is 19.3 Å². The smallest absolute Gasteiger partial charge is 0.309 e. The number of hydrogen-bond acceptors (Lipinski definition) is 3. The highest BCUT2D eigenvalue weighted by Gasteiger charge is 2.34. The summed E-state index contributed by atoms with van der Waals surface area (Å²) in [5.74, 6) is 0.215. The molecule has 2 rings (SSSR count). The number of carbonyl (C=O) groups excluding carboxylic acids is 1. The van der Waals surface area contributed by atoms with E-state index in [0.29, 0.717) is 6.61 Å². The molecule has 3 nitrogen and oxygen atoms in total. The van der Waals surface area contributed by atoms with Crippen molar-refractivity contribution in [1.29, 1.82) is 0 Å². The summed E-state index contributed by atoms with van der Waals surface area (Å²) in [4.78, 5) is 14.3. The van der Waals surface area contributed by atoms with Crippen LogP contribution in [0.1, 0.15) is 24.8 Å². The van der Waals surface area contributed by atoms with Crippen molar-refractivity contribution in [3.8, 4) is 0 Å². The number of benzene rings is 1. The van der Waals surface area contributed by atoms with Gasteiger partial charge in [0, 0.05) is 12.5 Å². The van der Waals surface area contributed by atoms with Gasteiger partial charge in [-0.3, -0.25) is 4.79 Å². The van der Waals surface area contributed by atoms with Crippen LogP contribution in [0.5, 0.6) is 0 Å². The van der Waals surface area contributed by atoms with Crippen LogP contribution in [-0.2, 0) is 9.53 Å². The molecule has 1 aliphatic rings. The highest BCUT2D eigenvalue weighted by molar-refractivity contribution is 5.74. The molecule has 2 atom stereocenters. The molecule has 1 fully saturated rings. The monoisotopic (exact) mass is 247 g/mol. The lowest BCUT2D eigenvalue weighted by Crippen LogP contribution is -2.40. The number of likely N-dealkylation sites (tertiary alicyclic amines) is 1. The molecule has 0 bridgehead atoms. The second-order valence-electron chi connectivity index (χ2n) is 4.93. The first-order chi connectivity index (χ1) is 8.72. The van der Waals surface area contributed by atoms with Crippen molar-refractivity contribution in [1.82, 2.24) is 4.90 Å². The van der Waals surface area contributed by atoms with E-state index in [2.05, 4.69) is 24.1 Å². The Morgan fingerprint density at radius 3 is 2.78 bits per heavy atom. The maximum atomic E-state index is 12.0. The molecule has 18 heavy (non-hydrogen) atoms. The normalized spacial score (nSPS) is 24.8. The number of hydrogen-bond donors (Lipinski definition) is 0. The molecule has 1 aromatic carbocycles. The van der Waals surface area contributed by atoms with Crippen LogP contribution in [0.3, 0.4) is 0 Å². The van der Waals surface area contributed by atoms with Crippen molar-refractivity contribution in [2.75, 3.05) is 26.7 Å². The van der Waals surface area contributed by atoms with Gasteiger partial charge in [-0.1, -0.05) is 30.3 Å². The molecule has 0 amide bonds. The fraction of sp³-hybridized carbons (Fsp3) is 0.533. The van der Waals surface area contributed by atoms with Gasteiger partial charge in [-0.15, -0.1) is 0 Å². The zero-order valence-electron chi connectivity index (χ0n) is 11.1. The summed E-state index contributed by atoms with van der Waals surface area (Å²) >= 11 is 0. The Hall–Kier alpha value is -1.35. The molecule has 0 N–H and O–H groups in total. The van der Waals surface area contributed by atoms with Crippen LogP contribution in [-0.4, -0.2) is 37.6 Å². The summed E-state index contributed by atoms with van der Waals surface area (Å²) in [6, 6.07) is 10.3. The van der Waals surface area contributed by atoms with Crippen LogP contribution in [0.15, 0.2) is 30.3 Å². The zero-order chi connectivity index (χ0) is 13.0. The minimum absolute atomic E-state index is 0.00329. The summed E-state index contributed by atoms with van der Waals surface area (Å²) in [6.45, 7) is 4.22. The predicted molar refractivity (Wildman–Crippen MR) is 71.4 cm³/mol. The van der Waals surface area contributed by atoms with Gasteiger partial charge in [-0.2, -0.15) is 0 Å². The predicted octanol–water partition coefficient (Wildman–Crippen LogP) is 2.29. The minimum atomic E-state index is -0.0422. The number of ether oxygens (including phenoxy) is 1. The van der Waals surface area contributed by atoms with E-state index < -0.39 is 0 Å². The van der Waals surface area contributed by atoms with E-state index in [1.807, 2.05) is 25.1 Å². The highest BCUT2D eigenvalue weighted by Crippen LogP contribution is 2.32. The number of esters is 1. The molecule has 0 aliphatic carbocycles. The van der Waals surface area contributed by atoms with Crippen LogP contribution in [0.25, 0.3) is 0 Å². The van der Waals surface area contributed by atoms with Gasteiger partial charge in [0.2, 0.25) is 0 Å². The van der Waals surface area contributed by atoms with Gasteiger partial charge in [0.15, 0.2) is 0 Å². The minimum Gasteiger partial charge on any atom is -0.466 e. The van der Waals surface area contributed by atoms with Gasteiger partial charge in [0.05, 0.1) is 12.5 Å². The molecule has 1 heterocycles. The Morgan fingerprint density at radius 2 is 2.11 bits per heavy atom. The lowest BCUT2D eigenvalue weighted by atomic mass is 9.81. The Kier molecular flexibility index (Phi) is 4.37. The Morgan fingerprint density at radius 1 is 1.39 bits per heavy atom. The summed E-state index contributed by atoms with van der Waals surface area (Å²) in [5.41, 5.74) is 1.24. The lowest BCUT2D eigenvalue weighted by Gasteiger charge is -2.35. The fourth-order valence-electron chi connectivity index (χ4n) is 2.68. The Bertz CT molecular complexity index is 391. The first-order valence-corrected chi connectivity index (χ1v) is 6.62. The van der Waals surface area contributed by atoms with Gasteiger partial charge in [-0.05, 0) is 32.5 Å². The molecule has 0 spiro atoms. The highest BCUT2D eigenvalue weighted by atomic mass is 16.5. The molecule has 0 unspecified atom stereocenters. The van der Waals surface area contributed by atoms with Crippen LogP contribution < -0.4 is 0 Å². The SMILES string of the molecule is CCOC(=O)[C@@H]1CCN(C)C[C@@H]1c1ccccc1. The molecule has 0 saturated carbocycles. The van der Waals surface area contributed by atoms with Crippen molar-refractivity contribution in [2.24, 2.45) is 5.92 Å². The molecule has 1 saturated heterocycles. The maximum absolute atomic E-state index is 12.0. The molecule has 0 radical (unpaired) electrons. The third kappa shape index (κ3) is 2.91. The third-order valence-electron chi connectivity index (χ3n) is 3.63. The summed E-state index contributed by atoms with van der Waals surface area (Å²) in [6.07, 6.45) is 0.884. The molecular formula is C15H21NO2. The zero-order valence-corrected chi connectivity index (χ0v) is 11.1. The van der Waals surface area contributed by atoms with E-state index >= 15 is 0 Å². The van der Waals surface area contributed by atoms with Crippen molar-refractivity contribution in [3.63, 3.8) is 0 Å². The summed E-state index contributed by atoms with van der Waals surface area (Å²) in [7, 11) is 2.11. The van der Waals surface area contributed by atoms with Gasteiger partial charge in [-0.25, -0.2) is 0 Å². The van der Waals surface area contributed by atoms with Crippen molar-refractivity contribution >= 4 is 5.97 Å². The molecule has 0 aromatic heterocycles.